The molecule has 1 amide bonds. The molecule has 12 heteroatoms. The number of aromatic nitrogens is 3. The summed E-state index contributed by atoms with van der Waals surface area (Å²) in [6.45, 7) is 0. The van der Waals surface area contributed by atoms with E-state index in [0.29, 0.717) is 32.0 Å². The summed E-state index contributed by atoms with van der Waals surface area (Å²) in [7, 11) is 1.60. The van der Waals surface area contributed by atoms with Crippen molar-refractivity contribution in [2.24, 2.45) is 0 Å². The molecule has 6 aromatic rings. The predicted molar refractivity (Wildman–Crippen MR) is 171 cm³/mol. The summed E-state index contributed by atoms with van der Waals surface area (Å²) >= 11 is 3.96. The van der Waals surface area contributed by atoms with Crippen LogP contribution in [-0.4, -0.2) is 33.1 Å². The molecule has 0 unspecified atom stereocenters. The van der Waals surface area contributed by atoms with Crippen molar-refractivity contribution in [2.75, 3.05) is 18.2 Å². The van der Waals surface area contributed by atoms with E-state index >= 15 is 0 Å². The third kappa shape index (κ3) is 6.93. The number of anilines is 1. The number of carbonyl (C=O) groups is 1. The molecule has 44 heavy (non-hydrogen) atoms. The van der Waals surface area contributed by atoms with Gasteiger partial charge in [-0.25, -0.2) is 9.97 Å². The number of hydrogen-bond donors (Lipinski definition) is 1. The molecule has 4 aromatic carbocycles. The van der Waals surface area contributed by atoms with Crippen LogP contribution >= 0.6 is 34.6 Å². The molecule has 0 aliphatic heterocycles. The number of hydrogen-bond acceptors (Lipinski definition) is 8. The minimum absolute atomic E-state index is 0.148. The lowest BCUT2D eigenvalue weighted by Crippen LogP contribution is -2.13. The molecular weight excluding hydrogens is 626 g/mol. The van der Waals surface area contributed by atoms with E-state index in [0.717, 1.165) is 33.2 Å². The normalized spacial score (nSPS) is 11.5. The summed E-state index contributed by atoms with van der Waals surface area (Å²) in [5, 5.41) is 3.53. The smallest absolute Gasteiger partial charge is 0.416 e. The fourth-order valence-electron chi connectivity index (χ4n) is 4.49. The fraction of sp³-hybridized carbons (Fsp3) is 0.125. The van der Waals surface area contributed by atoms with Crippen LogP contribution < -0.4 is 10.1 Å². The second-order valence-corrected chi connectivity index (χ2v) is 12.7. The maximum atomic E-state index is 13.6. The molecule has 1 N–H and O–H groups in total. The summed E-state index contributed by atoms with van der Waals surface area (Å²) in [6, 6.07) is 25.9. The highest BCUT2D eigenvalue weighted by molar-refractivity contribution is 8.01. The number of nitrogens with zero attached hydrogens (tertiary/aromatic N) is 3. The molecule has 2 aromatic heterocycles. The van der Waals surface area contributed by atoms with Crippen molar-refractivity contribution in [3.63, 3.8) is 0 Å². The van der Waals surface area contributed by atoms with Gasteiger partial charge in [0.1, 0.15) is 10.8 Å². The van der Waals surface area contributed by atoms with E-state index in [1.165, 1.54) is 46.8 Å². The van der Waals surface area contributed by atoms with Crippen LogP contribution in [0.1, 0.15) is 16.7 Å². The summed E-state index contributed by atoms with van der Waals surface area (Å²) in [6.07, 6.45) is -4.19. The maximum Gasteiger partial charge on any atom is 0.416 e. The van der Waals surface area contributed by atoms with E-state index in [4.69, 9.17) is 4.74 Å². The lowest BCUT2D eigenvalue weighted by atomic mass is 9.97. The Morgan fingerprint density at radius 3 is 2.45 bits per heavy atom. The number of thiazole rings is 1. The van der Waals surface area contributed by atoms with Crippen LogP contribution in [0.4, 0.5) is 18.9 Å². The zero-order valence-corrected chi connectivity index (χ0v) is 25.5. The lowest BCUT2D eigenvalue weighted by molar-refractivity contribution is -0.137. The highest BCUT2D eigenvalue weighted by atomic mass is 32.2. The number of ether oxygens (including phenoxy) is 1. The summed E-state index contributed by atoms with van der Waals surface area (Å²) in [5.74, 6) is 1.27. The highest BCUT2D eigenvalue weighted by Gasteiger charge is 2.31. The molecule has 0 radical (unpaired) electrons. The van der Waals surface area contributed by atoms with Gasteiger partial charge in [-0.05, 0) is 89.7 Å². The quantitative estimate of drug-likeness (QED) is 0.158. The topological polar surface area (TPSA) is 77.0 Å². The Bertz CT molecular complexity index is 1890. The molecule has 0 fully saturated rings. The third-order valence-electron chi connectivity index (χ3n) is 6.67. The first-order valence-corrected chi connectivity index (χ1v) is 15.9. The number of carbonyl (C=O) groups excluding carboxylic acids is 1. The average Bonchev–Trinajstić information content (AvgIpc) is 3.68. The fourth-order valence-corrected chi connectivity index (χ4v) is 6.93. The van der Waals surface area contributed by atoms with Crippen molar-refractivity contribution in [1.29, 1.82) is 0 Å². The summed E-state index contributed by atoms with van der Waals surface area (Å²) < 4.78 is 52.0. The molecular formula is C32H23F3N4O2S3. The minimum atomic E-state index is -4.46. The largest absolute Gasteiger partial charge is 0.497 e. The first-order chi connectivity index (χ1) is 21.2. The van der Waals surface area contributed by atoms with E-state index < -0.39 is 11.7 Å². The maximum absolute atomic E-state index is 13.6. The van der Waals surface area contributed by atoms with Crippen LogP contribution in [0.2, 0.25) is 0 Å². The Balaban J connectivity index is 1.11. The van der Waals surface area contributed by atoms with Gasteiger partial charge >= 0.3 is 6.18 Å². The summed E-state index contributed by atoms with van der Waals surface area (Å²) in [4.78, 5) is 21.8. The minimum Gasteiger partial charge on any atom is -0.497 e. The van der Waals surface area contributed by atoms with Gasteiger partial charge in [0, 0.05) is 16.8 Å². The van der Waals surface area contributed by atoms with Crippen molar-refractivity contribution >= 4 is 56.4 Å². The second kappa shape index (κ2) is 12.8. The van der Waals surface area contributed by atoms with Gasteiger partial charge in [-0.1, -0.05) is 42.1 Å². The molecule has 0 bridgehead atoms. The van der Waals surface area contributed by atoms with Gasteiger partial charge < -0.3 is 10.1 Å². The van der Waals surface area contributed by atoms with Gasteiger partial charge in [0.25, 0.3) is 0 Å². The van der Waals surface area contributed by atoms with Crippen molar-refractivity contribution in [2.45, 2.75) is 16.9 Å². The van der Waals surface area contributed by atoms with Gasteiger partial charge in [0.2, 0.25) is 5.91 Å². The molecule has 0 spiro atoms. The van der Waals surface area contributed by atoms with Crippen molar-refractivity contribution in [1.82, 2.24) is 14.3 Å². The van der Waals surface area contributed by atoms with Crippen molar-refractivity contribution in [3.8, 4) is 27.7 Å². The second-order valence-electron chi connectivity index (χ2n) is 9.68. The molecule has 0 saturated carbocycles. The van der Waals surface area contributed by atoms with Gasteiger partial charge in [0.05, 0.1) is 28.6 Å². The predicted octanol–water partition coefficient (Wildman–Crippen LogP) is 8.83. The van der Waals surface area contributed by atoms with Crippen LogP contribution in [0.15, 0.2) is 95.3 Å². The molecule has 6 rings (SSSR count). The van der Waals surface area contributed by atoms with Crippen LogP contribution in [0.25, 0.3) is 32.2 Å². The van der Waals surface area contributed by atoms with E-state index in [2.05, 4.69) is 19.7 Å². The standard InChI is InChI=1S/C32H23F3N4O2S3/c1-41-24-13-8-20(9-14-24)29-38-31(44-39-29)42-18-28(40)36-23-11-6-19(7-12-23)16-21-17-22(32(33,34)35)10-15-25(21)30-37-26-4-2-3-5-27(26)43-30/h2-15,17H,16,18H2,1H3,(H,36,40). The molecule has 0 aliphatic carbocycles. The van der Waals surface area contributed by atoms with Gasteiger partial charge in [-0.15, -0.1) is 11.3 Å². The summed E-state index contributed by atoms with van der Waals surface area (Å²) in [5.41, 5.74) is 3.55. The Hall–Kier alpha value is -4.26. The van der Waals surface area contributed by atoms with Crippen LogP contribution in [0, 0.1) is 0 Å². The Labute approximate surface area is 263 Å². The van der Waals surface area contributed by atoms with Crippen LogP contribution in [-0.2, 0) is 17.4 Å². The van der Waals surface area contributed by atoms with Crippen LogP contribution in [0.3, 0.4) is 0 Å². The number of fused-ring (bicyclic) bond motifs is 1. The van der Waals surface area contributed by atoms with Gasteiger partial charge in [0.15, 0.2) is 10.2 Å². The van der Waals surface area contributed by atoms with Crippen LogP contribution in [0.5, 0.6) is 5.75 Å². The molecule has 0 aliphatic rings. The number of benzene rings is 4. The third-order valence-corrected chi connectivity index (χ3v) is 9.57. The zero-order valence-electron chi connectivity index (χ0n) is 23.1. The number of amides is 1. The monoisotopic (exact) mass is 648 g/mol. The van der Waals surface area contributed by atoms with E-state index in [9.17, 15) is 18.0 Å². The SMILES string of the molecule is COc1ccc(-c2nsc(SCC(=O)Nc3ccc(Cc4cc(C(F)(F)F)ccc4-c4nc5ccccc5s4)cc3)n2)cc1. The van der Waals surface area contributed by atoms with E-state index in [1.807, 2.05) is 48.5 Å². The number of methoxy groups -OCH3 is 1. The molecule has 0 atom stereocenters. The molecule has 0 saturated heterocycles. The average molecular weight is 649 g/mol. The van der Waals surface area contributed by atoms with E-state index in [-0.39, 0.29) is 18.1 Å². The van der Waals surface area contributed by atoms with Gasteiger partial charge in [-0.2, -0.15) is 17.5 Å². The molecule has 6 nitrogen and oxygen atoms in total. The first kappa shape index (κ1) is 29.8. The number of alkyl halides is 3. The number of para-hydroxylation sites is 1. The number of halogens is 3. The van der Waals surface area contributed by atoms with E-state index in [1.54, 1.807) is 31.4 Å². The number of nitrogens with one attached hydrogen (secondary N) is 1. The first-order valence-electron chi connectivity index (χ1n) is 13.3. The highest BCUT2D eigenvalue weighted by Crippen LogP contribution is 2.37. The molecule has 2 heterocycles. The Kier molecular flexibility index (Phi) is 8.65. The lowest BCUT2D eigenvalue weighted by Gasteiger charge is -2.13. The number of thioether (sulfide) groups is 1. The Morgan fingerprint density at radius 2 is 1.73 bits per heavy atom. The zero-order chi connectivity index (χ0) is 30.7. The number of rotatable bonds is 9. The van der Waals surface area contributed by atoms with Gasteiger partial charge in [-0.3, -0.25) is 4.79 Å². The van der Waals surface area contributed by atoms with Crippen molar-refractivity contribution < 1.29 is 22.7 Å². The Morgan fingerprint density at radius 1 is 0.955 bits per heavy atom. The van der Waals surface area contributed by atoms with Crippen molar-refractivity contribution in [3.05, 3.63) is 108 Å². The molecule has 222 valence electrons.